The van der Waals surface area contributed by atoms with Crippen LogP contribution in [0.25, 0.3) is 0 Å². The lowest BCUT2D eigenvalue weighted by Crippen LogP contribution is -2.47. The maximum Gasteiger partial charge on any atom is 0.257 e. The van der Waals surface area contributed by atoms with E-state index in [1.54, 1.807) is 0 Å². The number of benzene rings is 2. The zero-order valence-corrected chi connectivity index (χ0v) is 13.6. The highest BCUT2D eigenvalue weighted by atomic mass is 32.1. The van der Waals surface area contributed by atoms with Crippen LogP contribution in [0.5, 0.6) is 0 Å². The number of hydrogen-bond acceptors (Lipinski definition) is 3. The molecule has 0 saturated carbocycles. The summed E-state index contributed by atoms with van der Waals surface area (Å²) in [5.74, 6) is -2.36. The van der Waals surface area contributed by atoms with Crippen LogP contribution in [-0.2, 0) is 4.79 Å². The number of thiocarbonyl (C=S) groups is 1. The van der Waals surface area contributed by atoms with Crippen molar-refractivity contribution in [1.29, 1.82) is 0 Å². The van der Waals surface area contributed by atoms with Crippen LogP contribution in [0.4, 0.5) is 14.5 Å². The molecule has 0 spiro atoms. The average Bonchev–Trinajstić information content (AvgIpc) is 2.60. The van der Waals surface area contributed by atoms with E-state index in [4.69, 9.17) is 12.2 Å². The fourth-order valence-electron chi connectivity index (χ4n) is 1.77. The molecule has 0 saturated heterocycles. The summed E-state index contributed by atoms with van der Waals surface area (Å²) >= 11 is 4.95. The Morgan fingerprint density at radius 2 is 1.64 bits per heavy atom. The Labute approximate surface area is 147 Å². The summed E-state index contributed by atoms with van der Waals surface area (Å²) in [4.78, 5) is 23.4. The first-order valence-electron chi connectivity index (χ1n) is 7.10. The van der Waals surface area contributed by atoms with Gasteiger partial charge in [0.1, 0.15) is 11.6 Å². The number of halogens is 2. The molecule has 130 valence electrons. The monoisotopic (exact) mass is 364 g/mol. The molecule has 4 N–H and O–H groups in total. The van der Waals surface area contributed by atoms with Gasteiger partial charge in [-0.1, -0.05) is 12.1 Å². The molecule has 0 aromatic heterocycles. The molecule has 0 aliphatic carbocycles. The lowest BCUT2D eigenvalue weighted by atomic mass is 10.2. The quantitative estimate of drug-likeness (QED) is 0.491. The fraction of sp³-hybridized carbons (Fsp3) is 0.0625. The van der Waals surface area contributed by atoms with E-state index in [-0.39, 0.29) is 23.0 Å². The highest BCUT2D eigenvalue weighted by molar-refractivity contribution is 7.80. The van der Waals surface area contributed by atoms with Crippen LogP contribution in [0.3, 0.4) is 0 Å². The number of carbonyl (C=O) groups excluding carboxylic acids is 2. The Balaban J connectivity index is 1.73. The van der Waals surface area contributed by atoms with Gasteiger partial charge in [-0.15, -0.1) is 0 Å². The van der Waals surface area contributed by atoms with Crippen molar-refractivity contribution in [2.75, 3.05) is 11.9 Å². The van der Waals surface area contributed by atoms with E-state index >= 15 is 0 Å². The second kappa shape index (κ2) is 8.69. The molecule has 2 rings (SSSR count). The molecule has 0 aliphatic rings. The Kier molecular flexibility index (Phi) is 6.35. The number of nitrogens with one attached hydrogen (secondary N) is 4. The van der Waals surface area contributed by atoms with E-state index in [2.05, 4.69) is 21.5 Å². The predicted molar refractivity (Wildman–Crippen MR) is 92.6 cm³/mol. The predicted octanol–water partition coefficient (Wildman–Crippen LogP) is 1.71. The second-order valence-electron chi connectivity index (χ2n) is 4.80. The van der Waals surface area contributed by atoms with Gasteiger partial charge >= 0.3 is 0 Å². The van der Waals surface area contributed by atoms with Crippen LogP contribution in [0.1, 0.15) is 10.4 Å². The van der Waals surface area contributed by atoms with Crippen molar-refractivity contribution < 1.29 is 18.4 Å². The summed E-state index contributed by atoms with van der Waals surface area (Å²) in [6.45, 7) is -0.376. The van der Waals surface area contributed by atoms with Gasteiger partial charge in [0.25, 0.3) is 11.8 Å². The van der Waals surface area contributed by atoms with E-state index < -0.39 is 17.6 Å². The van der Waals surface area contributed by atoms with Crippen molar-refractivity contribution in [1.82, 2.24) is 16.2 Å². The number of carbonyl (C=O) groups is 2. The molecule has 9 heteroatoms. The summed E-state index contributed by atoms with van der Waals surface area (Å²) in [6, 6.07) is 10.9. The minimum absolute atomic E-state index is 0.0698. The zero-order chi connectivity index (χ0) is 18.2. The molecule has 2 aromatic rings. The molecule has 2 amide bonds. The second-order valence-corrected chi connectivity index (χ2v) is 5.20. The van der Waals surface area contributed by atoms with Crippen LogP contribution in [-0.4, -0.2) is 23.5 Å². The van der Waals surface area contributed by atoms with E-state index in [0.29, 0.717) is 5.69 Å². The maximum atomic E-state index is 13.4. The maximum absolute atomic E-state index is 13.4. The summed E-state index contributed by atoms with van der Waals surface area (Å²) in [6.07, 6.45) is 0. The zero-order valence-electron chi connectivity index (χ0n) is 12.8. The van der Waals surface area contributed by atoms with Gasteiger partial charge in [-0.05, 0) is 48.6 Å². The lowest BCUT2D eigenvalue weighted by molar-refractivity contribution is -0.120. The van der Waals surface area contributed by atoms with Crippen LogP contribution < -0.4 is 21.5 Å². The first-order valence-corrected chi connectivity index (χ1v) is 7.50. The van der Waals surface area contributed by atoms with Gasteiger partial charge in [-0.3, -0.25) is 20.4 Å². The SMILES string of the molecule is O=C(CNC(=O)c1ccccc1F)NNC(=S)Nc1ccc(F)cc1. The molecule has 2 aromatic carbocycles. The van der Waals surface area contributed by atoms with Crippen LogP contribution in [0, 0.1) is 11.6 Å². The van der Waals surface area contributed by atoms with E-state index in [9.17, 15) is 18.4 Å². The minimum atomic E-state index is -0.708. The van der Waals surface area contributed by atoms with Gasteiger partial charge in [0.2, 0.25) is 0 Å². The summed E-state index contributed by atoms with van der Waals surface area (Å²) < 4.78 is 26.2. The number of anilines is 1. The van der Waals surface area contributed by atoms with E-state index in [1.165, 1.54) is 42.5 Å². The Morgan fingerprint density at radius 1 is 0.960 bits per heavy atom. The van der Waals surface area contributed by atoms with Crippen molar-refractivity contribution in [3.05, 3.63) is 65.7 Å². The molecule has 0 fully saturated rings. The van der Waals surface area contributed by atoms with Gasteiger partial charge in [0, 0.05) is 5.69 Å². The number of amides is 2. The molecular formula is C16H14F2N4O2S. The van der Waals surface area contributed by atoms with Gasteiger partial charge in [0.15, 0.2) is 5.11 Å². The molecular weight excluding hydrogens is 350 g/mol. The van der Waals surface area contributed by atoms with Crippen LogP contribution in [0.2, 0.25) is 0 Å². The largest absolute Gasteiger partial charge is 0.343 e. The van der Waals surface area contributed by atoms with Crippen molar-refractivity contribution in [2.24, 2.45) is 0 Å². The third-order valence-corrected chi connectivity index (χ3v) is 3.15. The number of hydrogen-bond donors (Lipinski definition) is 4. The Hall–Kier alpha value is -3.07. The van der Waals surface area contributed by atoms with E-state index in [0.717, 1.165) is 6.07 Å². The molecule has 0 bridgehead atoms. The van der Waals surface area contributed by atoms with Gasteiger partial charge in [0.05, 0.1) is 12.1 Å². The van der Waals surface area contributed by atoms with Crippen molar-refractivity contribution in [3.63, 3.8) is 0 Å². The Bertz CT molecular complexity index is 784. The smallest absolute Gasteiger partial charge is 0.257 e. The van der Waals surface area contributed by atoms with Crippen molar-refractivity contribution in [3.8, 4) is 0 Å². The highest BCUT2D eigenvalue weighted by Crippen LogP contribution is 2.07. The summed E-state index contributed by atoms with van der Waals surface area (Å²) in [7, 11) is 0. The Morgan fingerprint density at radius 3 is 2.32 bits per heavy atom. The minimum Gasteiger partial charge on any atom is -0.343 e. The van der Waals surface area contributed by atoms with Crippen molar-refractivity contribution >= 4 is 34.8 Å². The fourth-order valence-corrected chi connectivity index (χ4v) is 1.94. The molecule has 25 heavy (non-hydrogen) atoms. The average molecular weight is 364 g/mol. The third-order valence-electron chi connectivity index (χ3n) is 2.95. The van der Waals surface area contributed by atoms with Gasteiger partial charge in [-0.25, -0.2) is 8.78 Å². The molecule has 0 aliphatic heterocycles. The first-order chi connectivity index (χ1) is 12.0. The highest BCUT2D eigenvalue weighted by Gasteiger charge is 2.12. The van der Waals surface area contributed by atoms with E-state index in [1.807, 2.05) is 0 Å². The molecule has 0 heterocycles. The number of rotatable bonds is 4. The van der Waals surface area contributed by atoms with Crippen molar-refractivity contribution in [2.45, 2.75) is 0 Å². The van der Waals surface area contributed by atoms with Crippen LogP contribution in [0.15, 0.2) is 48.5 Å². The van der Waals surface area contributed by atoms with Crippen LogP contribution >= 0.6 is 12.2 Å². The molecule has 0 radical (unpaired) electrons. The number of hydrazine groups is 1. The van der Waals surface area contributed by atoms with Gasteiger partial charge < -0.3 is 10.6 Å². The van der Waals surface area contributed by atoms with Gasteiger partial charge in [-0.2, -0.15) is 0 Å². The normalized spacial score (nSPS) is 9.84. The first kappa shape index (κ1) is 18.3. The molecule has 0 atom stereocenters. The third kappa shape index (κ3) is 5.81. The molecule has 0 unspecified atom stereocenters. The lowest BCUT2D eigenvalue weighted by Gasteiger charge is -2.12. The standard InChI is InChI=1S/C16H14F2N4O2S/c17-10-5-7-11(8-6-10)20-16(25)22-21-14(23)9-19-15(24)12-3-1-2-4-13(12)18/h1-8H,9H2,(H,19,24)(H,21,23)(H2,20,22,25). The topological polar surface area (TPSA) is 82.3 Å². The molecule has 6 nitrogen and oxygen atoms in total. The summed E-state index contributed by atoms with van der Waals surface area (Å²) in [5, 5.41) is 5.08. The summed E-state index contributed by atoms with van der Waals surface area (Å²) in [5.41, 5.74) is 5.06.